The summed E-state index contributed by atoms with van der Waals surface area (Å²) < 4.78 is 7.33. The van der Waals surface area contributed by atoms with Crippen molar-refractivity contribution in [2.45, 2.75) is 0 Å². The molecule has 0 saturated heterocycles. The normalized spacial score (nSPS) is 10.9. The van der Waals surface area contributed by atoms with E-state index in [-0.39, 0.29) is 134 Å². The Balaban J connectivity index is 2.58. The molecule has 0 bridgehead atoms. The average Bonchev–Trinajstić information content (AvgIpc) is 3.18. The molecule has 10 N–H and O–H groups in total. The fraction of sp³-hybridized carbons (Fsp3) is 0.438. The number of carbonyl (C=O) groups excluding carboxylic acids is 6. The number of hydrogen-bond acceptors (Lipinski definition) is 13. The third kappa shape index (κ3) is 13.7. The number of ether oxygens (including phenoxy) is 1. The van der Waals surface area contributed by atoms with E-state index >= 15 is 0 Å². The number of aliphatic hydroxyl groups is 6. The number of benzene rings is 2. The van der Waals surface area contributed by atoms with Gasteiger partial charge in [0.15, 0.2) is 0 Å². The van der Waals surface area contributed by atoms with Gasteiger partial charge in [0, 0.05) is 46.4 Å². The molecular formula is C32H38I6N6O13. The van der Waals surface area contributed by atoms with E-state index < -0.39 is 48.7 Å². The fourth-order valence-electron chi connectivity index (χ4n) is 4.91. The molecule has 0 heterocycles. The monoisotopic (exact) mass is 1480 g/mol. The molecule has 0 atom stereocenters. The third-order valence-electron chi connectivity index (χ3n) is 7.42. The second-order valence-corrected chi connectivity index (χ2v) is 17.5. The Morgan fingerprint density at radius 1 is 0.439 bits per heavy atom. The van der Waals surface area contributed by atoms with Crippen molar-refractivity contribution in [1.82, 2.24) is 21.3 Å². The molecule has 6 amide bonds. The summed E-state index contributed by atoms with van der Waals surface area (Å²) in [6.07, 6.45) is 0. The van der Waals surface area contributed by atoms with E-state index in [4.69, 9.17) is 4.74 Å². The van der Waals surface area contributed by atoms with Crippen LogP contribution in [-0.4, -0.2) is 158 Å². The van der Waals surface area contributed by atoms with Gasteiger partial charge in [-0.05, 0) is 136 Å². The first-order valence-electron chi connectivity index (χ1n) is 16.5. The molecule has 19 nitrogen and oxygen atoms in total. The summed E-state index contributed by atoms with van der Waals surface area (Å²) in [5.41, 5.74) is 0.335. The zero-order valence-corrected chi connectivity index (χ0v) is 42.5. The Morgan fingerprint density at radius 2 is 0.684 bits per heavy atom. The van der Waals surface area contributed by atoms with Crippen molar-refractivity contribution >= 4 is 182 Å². The van der Waals surface area contributed by atoms with E-state index in [1.54, 1.807) is 0 Å². The van der Waals surface area contributed by atoms with Crippen LogP contribution in [0.4, 0.5) is 11.4 Å². The second-order valence-electron chi connectivity index (χ2n) is 11.0. The lowest BCUT2D eigenvalue weighted by molar-refractivity contribution is -0.121. The zero-order chi connectivity index (χ0) is 43.0. The molecular weight excluding hydrogens is 1440 g/mol. The number of rotatable bonds is 22. The number of anilines is 2. The summed E-state index contributed by atoms with van der Waals surface area (Å²) >= 11 is 11.1. The predicted molar refractivity (Wildman–Crippen MR) is 257 cm³/mol. The summed E-state index contributed by atoms with van der Waals surface area (Å²) in [7, 11) is 0. The molecule has 0 saturated carbocycles. The van der Waals surface area contributed by atoms with Crippen LogP contribution in [0, 0.1) is 21.4 Å². The van der Waals surface area contributed by atoms with Gasteiger partial charge in [-0.25, -0.2) is 0 Å². The van der Waals surface area contributed by atoms with Gasteiger partial charge in [0.2, 0.25) is 0 Å². The minimum Gasteiger partial charge on any atom is -0.395 e. The highest BCUT2D eigenvalue weighted by Gasteiger charge is 2.34. The van der Waals surface area contributed by atoms with Crippen molar-refractivity contribution in [3.8, 4) is 0 Å². The van der Waals surface area contributed by atoms with E-state index in [9.17, 15) is 59.4 Å². The van der Waals surface area contributed by atoms with Gasteiger partial charge in [-0.2, -0.15) is 0 Å². The van der Waals surface area contributed by atoms with Crippen LogP contribution < -0.4 is 31.1 Å². The Labute approximate surface area is 408 Å². The van der Waals surface area contributed by atoms with Crippen molar-refractivity contribution in [3.05, 3.63) is 43.7 Å². The van der Waals surface area contributed by atoms with Crippen LogP contribution in [0.1, 0.15) is 41.4 Å². The average molecular weight is 1480 g/mol. The third-order valence-corrected chi connectivity index (χ3v) is 13.8. The molecule has 0 aliphatic rings. The van der Waals surface area contributed by atoms with Gasteiger partial charge >= 0.3 is 0 Å². The summed E-state index contributed by atoms with van der Waals surface area (Å²) in [5, 5.41) is 67.3. The molecule has 0 radical (unpaired) electrons. The summed E-state index contributed by atoms with van der Waals surface area (Å²) in [5.74, 6) is -4.19. The molecule has 0 fully saturated rings. The smallest absolute Gasteiger partial charge is 0.253 e. The highest BCUT2D eigenvalue weighted by Crippen LogP contribution is 2.39. The van der Waals surface area contributed by atoms with Crippen LogP contribution in [0.25, 0.3) is 0 Å². The van der Waals surface area contributed by atoms with Gasteiger partial charge in [0.1, 0.15) is 13.2 Å². The number of aliphatic hydroxyl groups excluding tert-OH is 6. The van der Waals surface area contributed by atoms with E-state index in [0.29, 0.717) is 0 Å². The maximum absolute atomic E-state index is 13.3. The molecule has 0 aromatic heterocycles. The molecule has 0 aliphatic heterocycles. The molecule has 0 spiro atoms. The number of carbonyl (C=O) groups is 6. The number of nitrogens with one attached hydrogen (secondary N) is 4. The van der Waals surface area contributed by atoms with E-state index in [2.05, 4.69) is 21.3 Å². The van der Waals surface area contributed by atoms with Crippen molar-refractivity contribution < 1.29 is 64.1 Å². The lowest BCUT2D eigenvalue weighted by Gasteiger charge is -2.29. The van der Waals surface area contributed by atoms with Crippen LogP contribution in [-0.2, 0) is 14.3 Å². The fourth-order valence-corrected chi connectivity index (χ4v) is 14.4. The maximum atomic E-state index is 13.3. The van der Waals surface area contributed by atoms with E-state index in [1.165, 1.54) is 0 Å². The summed E-state index contributed by atoms with van der Waals surface area (Å²) in [6, 6.07) is 0. The molecule has 2 aromatic carbocycles. The van der Waals surface area contributed by atoms with Crippen LogP contribution in [0.15, 0.2) is 0 Å². The first kappa shape index (κ1) is 52.5. The van der Waals surface area contributed by atoms with Crippen LogP contribution in [0.2, 0.25) is 0 Å². The lowest BCUT2D eigenvalue weighted by atomic mass is 10.1. The van der Waals surface area contributed by atoms with E-state index in [0.717, 1.165) is 9.80 Å². The first-order valence-corrected chi connectivity index (χ1v) is 23.0. The van der Waals surface area contributed by atoms with Gasteiger partial charge in [-0.3, -0.25) is 28.8 Å². The molecule has 2 rings (SSSR count). The highest BCUT2D eigenvalue weighted by atomic mass is 127. The second kappa shape index (κ2) is 26.6. The van der Waals surface area contributed by atoms with Gasteiger partial charge in [-0.1, -0.05) is 0 Å². The van der Waals surface area contributed by atoms with E-state index in [1.807, 2.05) is 136 Å². The quantitative estimate of drug-likeness (QED) is 0.0530. The molecule has 25 heteroatoms. The summed E-state index contributed by atoms with van der Waals surface area (Å²) in [4.78, 5) is 82.0. The largest absolute Gasteiger partial charge is 0.395 e. The Hall–Kier alpha value is -0.640. The lowest BCUT2D eigenvalue weighted by Crippen LogP contribution is -2.41. The number of nitrogens with zero attached hydrogens (tertiary/aromatic N) is 2. The molecule has 0 aliphatic carbocycles. The zero-order valence-electron chi connectivity index (χ0n) is 29.6. The van der Waals surface area contributed by atoms with Gasteiger partial charge in [0.05, 0.1) is 87.6 Å². The molecule has 2 aromatic rings. The molecule has 0 unspecified atom stereocenters. The SMILES string of the molecule is O=C(NCCO)c1c(I)c(C(=O)NCCO)c(I)c(N(CCOCCN(C(=O)CO)c2c(I)c(C(=O)NCCO)c(I)c(C(=O)NCCO)c2I)C(=O)CO)c1I. The number of hydrogen-bond donors (Lipinski definition) is 10. The minimum atomic E-state index is -0.957. The Morgan fingerprint density at radius 3 is 0.895 bits per heavy atom. The van der Waals surface area contributed by atoms with Crippen molar-refractivity contribution in [1.29, 1.82) is 0 Å². The highest BCUT2D eigenvalue weighted by molar-refractivity contribution is 14.1. The maximum Gasteiger partial charge on any atom is 0.253 e. The van der Waals surface area contributed by atoms with Crippen molar-refractivity contribution in [2.24, 2.45) is 0 Å². The van der Waals surface area contributed by atoms with Crippen LogP contribution >= 0.6 is 136 Å². The van der Waals surface area contributed by atoms with Gasteiger partial charge < -0.3 is 66.4 Å². The first-order chi connectivity index (χ1) is 27.1. The van der Waals surface area contributed by atoms with Crippen molar-refractivity contribution in [2.75, 3.05) is 102 Å². The van der Waals surface area contributed by atoms with Crippen LogP contribution in [0.3, 0.4) is 0 Å². The summed E-state index contributed by atoms with van der Waals surface area (Å²) in [6.45, 7) is -4.64. The van der Waals surface area contributed by atoms with Gasteiger partial charge in [-0.15, -0.1) is 0 Å². The van der Waals surface area contributed by atoms with Gasteiger partial charge in [0.25, 0.3) is 35.4 Å². The minimum absolute atomic E-state index is 0.0274. The molecule has 316 valence electrons. The Kier molecular flexibility index (Phi) is 24.5. The van der Waals surface area contributed by atoms with Crippen LogP contribution in [0.5, 0.6) is 0 Å². The Bertz CT molecular complexity index is 1600. The predicted octanol–water partition coefficient (Wildman–Crippen LogP) is -0.430. The number of halogens is 6. The standard InChI is InChI=1S/C32H38I6N6O13/c33-21-17(29(53)39-1-7-45)23(35)27(24(36)18(21)30(54)40-2-8-46)43(15(51)13-49)5-11-57-12-6-44(16(52)14-50)28-25(37)19(31(55)41-3-9-47)22(34)20(26(28)38)32(56)42-4-10-48/h45-50H,1-14H2,(H,39,53)(H,40,54)(H,41,55)(H,42,56). The topological polar surface area (TPSA) is 288 Å². The number of amides is 6. The molecule has 57 heavy (non-hydrogen) atoms. The van der Waals surface area contributed by atoms with Crippen molar-refractivity contribution in [3.63, 3.8) is 0 Å².